The van der Waals surface area contributed by atoms with E-state index in [1.54, 1.807) is 0 Å². The molecule has 0 aromatic carbocycles. The van der Waals surface area contributed by atoms with Gasteiger partial charge >= 0.3 is 31.4 Å². The van der Waals surface area contributed by atoms with E-state index in [-0.39, 0.29) is 18.0 Å². The van der Waals surface area contributed by atoms with Crippen LogP contribution in [-0.4, -0.2) is 452 Å². The zero-order valence-electron chi connectivity index (χ0n) is 61.1. The van der Waals surface area contributed by atoms with Gasteiger partial charge in [-0.05, 0) is 19.5 Å². The van der Waals surface area contributed by atoms with Crippen LogP contribution in [0.5, 0.6) is 0 Å². The summed E-state index contributed by atoms with van der Waals surface area (Å²) in [5, 5.41) is 231. The number of nitrogens with two attached hydrogens (primary N) is 1. The molecule has 22 fully saturated rings. The summed E-state index contributed by atoms with van der Waals surface area (Å²) in [6.45, 7) is -8.15. The Hall–Kier alpha value is -4.03. The lowest BCUT2D eigenvalue weighted by Gasteiger charge is -2.50. The van der Waals surface area contributed by atoms with Crippen molar-refractivity contribution in [2.24, 2.45) is 0 Å². The number of halogens is 2. The van der Waals surface area contributed by atoms with Gasteiger partial charge in [-0.1, -0.05) is 6.92 Å². The lowest BCUT2D eigenvalue weighted by Crippen LogP contribution is -2.68. The summed E-state index contributed by atoms with van der Waals surface area (Å²) in [6.07, 6.45) is -78.4. The number of hydrogen-bond donors (Lipinski definition) is 24. The standard InChI is InChI=1S/C62H98F2N5O45PS/c1-3-19-44-30(77)37(84)53(100-19)109-45-20(8-70)102-55(39(86)32(45)79)112-48-23(11-73)105-58(42(89)35(48)82)114-50-26(16-116-15-18(66-2)52(92)67-6-4-28(75)96-14-29(76)97-17-99-115(94,95)98-13-25-51(91)62(63,64)60(107-25)69-7-5-27(65)68-61(69)93)106-59(43(90)36(50)83)113-49-24(12-74)104-57(41(88)34(49)81)111-47-22(10-72)103-56(40(87)33(47)80)110-46-21(9-71)101-54(108-44)38(85)31(46)78/h5,7,18-26,30-51,53-60,66,70-74,77-91H,3-4,6,8-17H2,1-2H3,(H,67,92)(H,94,95)(H2,65,68,93)/t18-,19?,20?,21?,22?,23?,24?,25-,26?,30-,31-,32-,33-,34-,35-,36-,37?,38?,39?,40?,41?,42?,43?,44-,45-,46-,47-,48-,49+,50-,51-,53-,54-,55-,56-,57-,58+,59+,60-/m1/s1. The summed E-state index contributed by atoms with van der Waals surface area (Å²) in [5.41, 5.74) is 4.11. The second-order valence-electron chi connectivity index (χ2n) is 28.0. The van der Waals surface area contributed by atoms with Crippen molar-refractivity contribution in [3.63, 3.8) is 0 Å². The molecule has 1 amide bonds. The quantitative estimate of drug-likeness (QED) is 0.0260. The third-order valence-electron chi connectivity index (χ3n) is 20.4. The predicted molar refractivity (Wildman–Crippen MR) is 359 cm³/mol. The number of likely N-dealkylation sites (N-methyl/N-ethyl adjacent to an activating group) is 1. The Morgan fingerprint density at radius 2 is 0.879 bits per heavy atom. The van der Waals surface area contributed by atoms with Crippen molar-refractivity contribution in [1.82, 2.24) is 20.2 Å². The number of aromatic nitrogens is 2. The third kappa shape index (κ3) is 21.1. The molecule has 54 heteroatoms. The first-order valence-electron chi connectivity index (χ1n) is 36.2. The highest BCUT2D eigenvalue weighted by Gasteiger charge is 2.62. The maximum atomic E-state index is 14.9. The molecule has 666 valence electrons. The Labute approximate surface area is 657 Å². The molecule has 22 saturated heterocycles. The highest BCUT2D eigenvalue weighted by molar-refractivity contribution is 7.99. The van der Waals surface area contributed by atoms with Crippen LogP contribution in [0.25, 0.3) is 0 Å². The number of hydrogen-bond acceptors (Lipinski definition) is 48. The number of phosphoric acid groups is 1. The molecule has 15 unspecified atom stereocenters. The molecule has 0 spiro atoms. The Morgan fingerprint density at radius 3 is 1.23 bits per heavy atom. The minimum absolute atomic E-state index is 0.100. The van der Waals surface area contributed by atoms with Gasteiger partial charge in [-0.15, -0.1) is 0 Å². The van der Waals surface area contributed by atoms with Crippen LogP contribution in [0.15, 0.2) is 17.1 Å². The predicted octanol–water partition coefficient (Wildman–Crippen LogP) is -15.1. The van der Waals surface area contributed by atoms with E-state index >= 15 is 0 Å². The molecule has 23 heterocycles. The maximum absolute atomic E-state index is 14.9. The van der Waals surface area contributed by atoms with E-state index in [1.807, 2.05) is 0 Å². The number of nitrogens with one attached hydrogen (secondary N) is 2. The normalized spacial score (nSPS) is 44.5. The topological polar surface area (TPSA) is 753 Å². The zero-order chi connectivity index (χ0) is 84.9. The molecule has 116 heavy (non-hydrogen) atoms. The Bertz CT molecular complexity index is 3430. The van der Waals surface area contributed by atoms with Gasteiger partial charge in [0, 0.05) is 24.2 Å². The number of rotatable bonds is 24. The van der Waals surface area contributed by atoms with Gasteiger partial charge in [0.15, 0.2) is 56.7 Å². The number of carbonyl (C=O) groups excluding carboxylic acids is 3. The van der Waals surface area contributed by atoms with Crippen LogP contribution in [0.4, 0.5) is 14.6 Å². The number of thioether (sulfide) groups is 1. The lowest BCUT2D eigenvalue weighted by molar-refractivity contribution is -0.395. The molecule has 1 aromatic heterocycles. The van der Waals surface area contributed by atoms with Crippen LogP contribution < -0.4 is 22.1 Å². The van der Waals surface area contributed by atoms with Crippen LogP contribution in [0.2, 0.25) is 0 Å². The van der Waals surface area contributed by atoms with Crippen molar-refractivity contribution >= 4 is 43.2 Å². The smallest absolute Gasteiger partial charge is 0.454 e. The summed E-state index contributed by atoms with van der Waals surface area (Å²) < 4.78 is 148. The number of amides is 1. The average Bonchev–Trinajstić information content (AvgIpc) is 1.39. The Kier molecular flexibility index (Phi) is 33.3. The van der Waals surface area contributed by atoms with E-state index in [0.29, 0.717) is 4.57 Å². The van der Waals surface area contributed by atoms with Crippen molar-refractivity contribution in [3.05, 3.63) is 22.7 Å². The van der Waals surface area contributed by atoms with Crippen LogP contribution in [0.3, 0.4) is 0 Å². The number of nitrogen functional groups attached to an aromatic ring is 1. The molecule has 0 aliphatic carbocycles. The minimum atomic E-state index is -5.27. The van der Waals surface area contributed by atoms with Crippen LogP contribution in [0.1, 0.15) is 26.0 Å². The number of carbonyl (C=O) groups is 3. The number of ether oxygens (including phenoxy) is 17. The van der Waals surface area contributed by atoms with Gasteiger partial charge in [0.25, 0.3) is 0 Å². The second-order valence-corrected chi connectivity index (χ2v) is 30.5. The fourth-order valence-electron chi connectivity index (χ4n) is 13.9. The highest BCUT2D eigenvalue weighted by atomic mass is 32.2. The third-order valence-corrected chi connectivity index (χ3v) is 22.4. The van der Waals surface area contributed by atoms with E-state index in [4.69, 9.17) is 81.5 Å². The zero-order valence-corrected chi connectivity index (χ0v) is 62.8. The molecule has 22 aliphatic rings. The van der Waals surface area contributed by atoms with Gasteiger partial charge in [-0.3, -0.25) is 18.7 Å². The molecular formula is C62H98F2N5O45PS. The fourth-order valence-corrected chi connectivity index (χ4v) is 15.7. The van der Waals surface area contributed by atoms with Crippen molar-refractivity contribution in [1.29, 1.82) is 0 Å². The van der Waals surface area contributed by atoms with Crippen LogP contribution in [0, 0.1) is 0 Å². The van der Waals surface area contributed by atoms with Gasteiger partial charge in [-0.25, -0.2) is 18.7 Å². The monoisotopic (exact) mass is 1730 g/mol. The molecule has 50 nitrogen and oxygen atoms in total. The molecule has 25 N–H and O–H groups in total. The number of phosphoric ester groups is 1. The summed E-state index contributed by atoms with van der Waals surface area (Å²) in [4.78, 5) is 64.0. The molecular weight excluding hydrogens is 1640 g/mol. The molecule has 22 aliphatic heterocycles. The molecule has 40 atom stereocenters. The lowest BCUT2D eigenvalue weighted by atomic mass is 9.94. The average molecular weight is 1730 g/mol. The molecule has 0 radical (unpaired) electrons. The van der Waals surface area contributed by atoms with Crippen molar-refractivity contribution < 1.29 is 224 Å². The summed E-state index contributed by atoms with van der Waals surface area (Å²) >= 11 is 0.837. The summed E-state index contributed by atoms with van der Waals surface area (Å²) in [5.74, 6) is -8.48. The number of alkyl halides is 2. The van der Waals surface area contributed by atoms with E-state index in [1.165, 1.54) is 14.0 Å². The first-order chi connectivity index (χ1) is 55.0. The second kappa shape index (κ2) is 41.0. The van der Waals surface area contributed by atoms with E-state index in [9.17, 15) is 140 Å². The molecule has 23 rings (SSSR count). The van der Waals surface area contributed by atoms with Gasteiger partial charge in [0.05, 0.1) is 64.3 Å². The number of aliphatic hydroxyl groups excluding tert-OH is 20. The first kappa shape index (κ1) is 94.2. The maximum Gasteiger partial charge on any atom is 0.475 e. The van der Waals surface area contributed by atoms with Gasteiger partial charge in [-0.2, -0.15) is 25.5 Å². The molecule has 1 aromatic rings. The summed E-state index contributed by atoms with van der Waals surface area (Å²) in [7, 11) is -3.93. The van der Waals surface area contributed by atoms with E-state index < -0.39 is 348 Å². The number of aliphatic hydroxyl groups is 20. The fraction of sp³-hybridized carbons (Fsp3) is 0.887. The van der Waals surface area contributed by atoms with Gasteiger partial charge < -0.3 is 204 Å². The summed E-state index contributed by atoms with van der Waals surface area (Å²) in [6, 6.07) is -0.208. The van der Waals surface area contributed by atoms with Crippen molar-refractivity contribution in [2.75, 3.05) is 83.9 Å². The van der Waals surface area contributed by atoms with Gasteiger partial charge in [0.2, 0.25) is 18.9 Å². The first-order valence-corrected chi connectivity index (χ1v) is 38.9. The Balaban J connectivity index is 0.804. The largest absolute Gasteiger partial charge is 0.475 e. The van der Waals surface area contributed by atoms with Crippen molar-refractivity contribution in [3.8, 4) is 0 Å². The number of esters is 2. The van der Waals surface area contributed by atoms with Crippen molar-refractivity contribution in [2.45, 2.75) is 265 Å². The van der Waals surface area contributed by atoms with E-state index in [2.05, 4.69) is 29.4 Å². The molecule has 0 saturated carbocycles. The van der Waals surface area contributed by atoms with Crippen LogP contribution in [-0.2, 0) is 109 Å². The minimum Gasteiger partial charge on any atom is -0.454 e. The van der Waals surface area contributed by atoms with Gasteiger partial charge in [0.1, 0.15) is 171 Å². The van der Waals surface area contributed by atoms with E-state index in [0.717, 1.165) is 24.0 Å². The van der Waals surface area contributed by atoms with Crippen LogP contribution >= 0.6 is 19.6 Å². The number of nitrogens with zero attached hydrogens (tertiary/aromatic N) is 2. The number of anilines is 1. The Morgan fingerprint density at radius 1 is 0.526 bits per heavy atom. The molecule has 14 bridgehead atoms. The highest BCUT2D eigenvalue weighted by Crippen LogP contribution is 2.48. The SMILES string of the molecule is CCC1O[C@@H]2O[C@@H]3C(CO)O[C@H](O[C@@H]4C(CO)O[C@@H](O[C@@H]5C(CSC[C@@H](NC)C(=O)NCCC(=O)OCC(=O)OCOP(=O)(O)OC[C@H]6O[C@@H](n7ccc(N)nc7=O)C(F)(F)[C@@H]6O)O[C@@H](O[C@H]6C(CO)O[C@H](O[C@@H]7C(CO)O[C@H](O[C@@H]8C(CO)O[C@H](O[C@H]1[C@H](O)C2O)C(O)[C@H]8O)C(O)[C@H]7O)C(O)[C@H]6O)C(O)[C@H]5O)C(O)[C@H]4O)C(O)[C@H]3O.